The van der Waals surface area contributed by atoms with Gasteiger partial charge in [0, 0.05) is 11.5 Å². The standard InChI is InChI=1S/C20H27N3O2/c1-4-14(3)17(21-19(24)15-9-5-6-10-15)20-22-18(23-25-20)16-11-7-8-13(2)12-16/h7-8,11-12,14-15,17H,4-6,9-10H2,1-3H3,(H,21,24)/t14-,17+/m0/s1. The molecule has 5 heteroatoms. The molecular weight excluding hydrogens is 314 g/mol. The summed E-state index contributed by atoms with van der Waals surface area (Å²) in [5.41, 5.74) is 2.08. The van der Waals surface area contributed by atoms with Crippen LogP contribution in [0.2, 0.25) is 0 Å². The monoisotopic (exact) mass is 341 g/mol. The molecule has 1 fully saturated rings. The van der Waals surface area contributed by atoms with Crippen LogP contribution in [0.25, 0.3) is 11.4 Å². The zero-order valence-corrected chi connectivity index (χ0v) is 15.3. The topological polar surface area (TPSA) is 68.0 Å². The molecule has 0 radical (unpaired) electrons. The average molecular weight is 341 g/mol. The molecule has 0 bridgehead atoms. The van der Waals surface area contributed by atoms with Crippen molar-refractivity contribution in [2.75, 3.05) is 0 Å². The number of carbonyl (C=O) groups is 1. The first-order valence-corrected chi connectivity index (χ1v) is 9.29. The van der Waals surface area contributed by atoms with Crippen LogP contribution >= 0.6 is 0 Å². The van der Waals surface area contributed by atoms with E-state index < -0.39 is 0 Å². The number of hydrogen-bond donors (Lipinski definition) is 1. The molecule has 1 aliphatic rings. The molecular formula is C20H27N3O2. The van der Waals surface area contributed by atoms with Crippen LogP contribution in [-0.4, -0.2) is 16.0 Å². The van der Waals surface area contributed by atoms with E-state index in [1.165, 1.54) is 0 Å². The Hall–Kier alpha value is -2.17. The van der Waals surface area contributed by atoms with Crippen LogP contribution in [0.15, 0.2) is 28.8 Å². The molecule has 1 N–H and O–H groups in total. The third-order valence-corrected chi connectivity index (χ3v) is 5.22. The highest BCUT2D eigenvalue weighted by Crippen LogP contribution is 2.29. The molecule has 134 valence electrons. The van der Waals surface area contributed by atoms with Crippen molar-refractivity contribution < 1.29 is 9.32 Å². The lowest BCUT2D eigenvalue weighted by Crippen LogP contribution is -2.36. The average Bonchev–Trinajstić information content (AvgIpc) is 3.30. The van der Waals surface area contributed by atoms with E-state index in [1.807, 2.05) is 31.2 Å². The molecule has 1 amide bonds. The Morgan fingerprint density at radius 3 is 2.80 bits per heavy atom. The summed E-state index contributed by atoms with van der Waals surface area (Å²) < 4.78 is 5.53. The molecule has 1 heterocycles. The maximum absolute atomic E-state index is 12.6. The lowest BCUT2D eigenvalue weighted by atomic mass is 9.97. The van der Waals surface area contributed by atoms with Crippen molar-refractivity contribution in [3.05, 3.63) is 35.7 Å². The predicted molar refractivity (Wildman–Crippen MR) is 96.8 cm³/mol. The molecule has 2 aromatic rings. The minimum Gasteiger partial charge on any atom is -0.344 e. The Bertz CT molecular complexity index is 719. The summed E-state index contributed by atoms with van der Waals surface area (Å²) in [6.45, 7) is 6.25. The van der Waals surface area contributed by atoms with Gasteiger partial charge in [-0.2, -0.15) is 4.98 Å². The summed E-state index contributed by atoms with van der Waals surface area (Å²) in [6.07, 6.45) is 5.18. The van der Waals surface area contributed by atoms with Gasteiger partial charge in [0.15, 0.2) is 0 Å². The lowest BCUT2D eigenvalue weighted by Gasteiger charge is -2.22. The Labute approximate surface area is 149 Å². The molecule has 3 rings (SSSR count). The van der Waals surface area contributed by atoms with Gasteiger partial charge in [0.2, 0.25) is 17.6 Å². The van der Waals surface area contributed by atoms with Gasteiger partial charge in [-0.1, -0.05) is 62.0 Å². The summed E-state index contributed by atoms with van der Waals surface area (Å²) in [4.78, 5) is 17.1. The molecule has 25 heavy (non-hydrogen) atoms. The van der Waals surface area contributed by atoms with Gasteiger partial charge in [-0.05, 0) is 31.7 Å². The number of carbonyl (C=O) groups excluding carboxylic acids is 1. The number of hydrogen-bond acceptors (Lipinski definition) is 4. The number of nitrogens with zero attached hydrogens (tertiary/aromatic N) is 2. The van der Waals surface area contributed by atoms with Gasteiger partial charge in [-0.3, -0.25) is 4.79 Å². The van der Waals surface area contributed by atoms with E-state index in [0.717, 1.165) is 43.2 Å². The van der Waals surface area contributed by atoms with Crippen LogP contribution in [0.3, 0.4) is 0 Å². The number of amides is 1. The molecule has 0 spiro atoms. The van der Waals surface area contributed by atoms with Crippen molar-refractivity contribution in [2.45, 2.75) is 58.9 Å². The van der Waals surface area contributed by atoms with Crippen LogP contribution in [0.1, 0.15) is 63.4 Å². The molecule has 1 aliphatic carbocycles. The van der Waals surface area contributed by atoms with Gasteiger partial charge >= 0.3 is 0 Å². The Kier molecular flexibility index (Phi) is 5.51. The predicted octanol–water partition coefficient (Wildman–Crippen LogP) is 4.44. The summed E-state index contributed by atoms with van der Waals surface area (Å²) in [5.74, 6) is 1.55. The number of aryl methyl sites for hydroxylation is 1. The van der Waals surface area contributed by atoms with Crippen LogP contribution in [0, 0.1) is 18.8 Å². The lowest BCUT2D eigenvalue weighted by molar-refractivity contribution is -0.126. The van der Waals surface area contributed by atoms with E-state index in [-0.39, 0.29) is 23.8 Å². The second kappa shape index (κ2) is 7.81. The van der Waals surface area contributed by atoms with E-state index in [2.05, 4.69) is 29.3 Å². The minimum atomic E-state index is -0.232. The molecule has 1 aromatic heterocycles. The van der Waals surface area contributed by atoms with Gasteiger partial charge in [-0.25, -0.2) is 0 Å². The highest BCUT2D eigenvalue weighted by molar-refractivity contribution is 5.79. The summed E-state index contributed by atoms with van der Waals surface area (Å²) >= 11 is 0. The summed E-state index contributed by atoms with van der Waals surface area (Å²) in [5, 5.41) is 7.30. The first kappa shape index (κ1) is 17.6. The number of rotatable bonds is 6. The second-order valence-corrected chi connectivity index (χ2v) is 7.18. The van der Waals surface area contributed by atoms with Crippen LogP contribution in [0.5, 0.6) is 0 Å². The van der Waals surface area contributed by atoms with Gasteiger partial charge in [0.1, 0.15) is 6.04 Å². The highest BCUT2D eigenvalue weighted by atomic mass is 16.5. The van der Waals surface area contributed by atoms with Crippen LogP contribution in [0.4, 0.5) is 0 Å². The Balaban J connectivity index is 1.80. The number of nitrogens with one attached hydrogen (secondary N) is 1. The number of benzene rings is 1. The fraction of sp³-hybridized carbons (Fsp3) is 0.550. The number of aromatic nitrogens is 2. The minimum absolute atomic E-state index is 0.123. The molecule has 2 atom stereocenters. The van der Waals surface area contributed by atoms with E-state index in [1.54, 1.807) is 0 Å². The fourth-order valence-corrected chi connectivity index (χ4v) is 3.41. The van der Waals surface area contributed by atoms with Gasteiger partial charge in [-0.15, -0.1) is 0 Å². The van der Waals surface area contributed by atoms with Crippen LogP contribution < -0.4 is 5.32 Å². The van der Waals surface area contributed by atoms with Crippen molar-refractivity contribution in [3.63, 3.8) is 0 Å². The molecule has 5 nitrogen and oxygen atoms in total. The summed E-state index contributed by atoms with van der Waals surface area (Å²) in [6, 6.07) is 7.79. The van der Waals surface area contributed by atoms with E-state index >= 15 is 0 Å². The quantitative estimate of drug-likeness (QED) is 0.843. The highest BCUT2D eigenvalue weighted by Gasteiger charge is 2.30. The van der Waals surface area contributed by atoms with Crippen molar-refractivity contribution in [1.82, 2.24) is 15.5 Å². The van der Waals surface area contributed by atoms with E-state index in [0.29, 0.717) is 11.7 Å². The fourth-order valence-electron chi connectivity index (χ4n) is 3.41. The van der Waals surface area contributed by atoms with Crippen molar-refractivity contribution in [1.29, 1.82) is 0 Å². The molecule has 1 aromatic carbocycles. The van der Waals surface area contributed by atoms with E-state index in [9.17, 15) is 4.79 Å². The molecule has 0 aliphatic heterocycles. The van der Waals surface area contributed by atoms with Crippen molar-refractivity contribution >= 4 is 5.91 Å². The maximum Gasteiger partial charge on any atom is 0.249 e. The van der Waals surface area contributed by atoms with E-state index in [4.69, 9.17) is 4.52 Å². The van der Waals surface area contributed by atoms with Gasteiger partial charge in [0.25, 0.3) is 0 Å². The second-order valence-electron chi connectivity index (χ2n) is 7.18. The normalized spacial score (nSPS) is 17.4. The SMILES string of the molecule is CC[C@H](C)[C@@H](NC(=O)C1CCCC1)c1nc(-c2cccc(C)c2)no1. The Morgan fingerprint density at radius 1 is 1.36 bits per heavy atom. The Morgan fingerprint density at radius 2 is 2.12 bits per heavy atom. The zero-order chi connectivity index (χ0) is 17.8. The molecule has 0 saturated heterocycles. The van der Waals surface area contributed by atoms with Gasteiger partial charge < -0.3 is 9.84 Å². The third-order valence-electron chi connectivity index (χ3n) is 5.22. The smallest absolute Gasteiger partial charge is 0.249 e. The summed E-state index contributed by atoms with van der Waals surface area (Å²) in [7, 11) is 0. The van der Waals surface area contributed by atoms with Crippen LogP contribution in [-0.2, 0) is 4.79 Å². The van der Waals surface area contributed by atoms with Crippen molar-refractivity contribution in [3.8, 4) is 11.4 Å². The van der Waals surface area contributed by atoms with Crippen molar-refractivity contribution in [2.24, 2.45) is 11.8 Å². The molecule has 0 unspecified atom stereocenters. The third kappa shape index (κ3) is 4.09. The van der Waals surface area contributed by atoms with Gasteiger partial charge in [0.05, 0.1) is 0 Å². The first-order valence-electron chi connectivity index (χ1n) is 9.29. The largest absolute Gasteiger partial charge is 0.344 e. The maximum atomic E-state index is 12.6. The molecule has 1 saturated carbocycles. The first-order chi connectivity index (χ1) is 12.1. The zero-order valence-electron chi connectivity index (χ0n) is 15.3.